The van der Waals surface area contributed by atoms with Crippen LogP contribution in [-0.4, -0.2) is 24.0 Å². The SMILES string of the molecule is COC(=O)c1cc(C(=O)NCc2ccc(Cl)cc2)c(=O)[nH]c1C. The summed E-state index contributed by atoms with van der Waals surface area (Å²) in [6.07, 6.45) is 0. The molecule has 0 saturated heterocycles. The molecule has 1 aromatic heterocycles. The van der Waals surface area contributed by atoms with Crippen LogP contribution in [0.25, 0.3) is 0 Å². The Bertz CT molecular complexity index is 797. The van der Waals surface area contributed by atoms with Crippen molar-refractivity contribution in [1.29, 1.82) is 0 Å². The van der Waals surface area contributed by atoms with E-state index in [9.17, 15) is 14.4 Å². The fourth-order valence-corrected chi connectivity index (χ4v) is 2.12. The molecule has 2 N–H and O–H groups in total. The highest BCUT2D eigenvalue weighted by molar-refractivity contribution is 6.30. The van der Waals surface area contributed by atoms with Gasteiger partial charge in [0.2, 0.25) is 0 Å². The molecule has 0 aliphatic rings. The zero-order chi connectivity index (χ0) is 17.0. The minimum absolute atomic E-state index is 0.142. The molecule has 6 nitrogen and oxygen atoms in total. The van der Waals surface area contributed by atoms with E-state index in [2.05, 4.69) is 15.0 Å². The molecule has 0 saturated carbocycles. The van der Waals surface area contributed by atoms with E-state index >= 15 is 0 Å². The first-order valence-corrected chi connectivity index (χ1v) is 7.15. The molecule has 2 rings (SSSR count). The standard InChI is InChI=1S/C16H15ClN2O4/c1-9-12(16(22)23-2)7-13(15(21)19-9)14(20)18-8-10-3-5-11(17)6-4-10/h3-7H,8H2,1-2H3,(H,18,20)(H,19,21). The quantitative estimate of drug-likeness (QED) is 0.838. The second-order valence-electron chi connectivity index (χ2n) is 4.85. The number of nitrogens with one attached hydrogen (secondary N) is 2. The molecule has 0 bridgehead atoms. The van der Waals surface area contributed by atoms with E-state index in [4.69, 9.17) is 11.6 Å². The van der Waals surface area contributed by atoms with Gasteiger partial charge in [0.1, 0.15) is 5.56 Å². The number of aromatic nitrogens is 1. The Morgan fingerprint density at radius 1 is 1.22 bits per heavy atom. The molecule has 0 radical (unpaired) electrons. The first-order valence-electron chi connectivity index (χ1n) is 6.77. The molecule has 7 heteroatoms. The number of aromatic amines is 1. The third-order valence-electron chi connectivity index (χ3n) is 3.25. The second kappa shape index (κ2) is 7.11. The first kappa shape index (κ1) is 16.8. The summed E-state index contributed by atoms with van der Waals surface area (Å²) in [5, 5.41) is 3.22. The number of ether oxygens (including phenoxy) is 1. The monoisotopic (exact) mass is 334 g/mol. The number of H-pyrrole nitrogens is 1. The third-order valence-corrected chi connectivity index (χ3v) is 3.51. The van der Waals surface area contributed by atoms with Crippen molar-refractivity contribution in [3.63, 3.8) is 0 Å². The molecule has 0 aliphatic heterocycles. The molecular formula is C16H15ClN2O4. The molecule has 1 aromatic carbocycles. The number of rotatable bonds is 4. The van der Waals surface area contributed by atoms with Crippen molar-refractivity contribution in [3.8, 4) is 0 Å². The molecule has 1 amide bonds. The van der Waals surface area contributed by atoms with Crippen LogP contribution in [0.15, 0.2) is 35.1 Å². The summed E-state index contributed by atoms with van der Waals surface area (Å²) >= 11 is 5.79. The van der Waals surface area contributed by atoms with Crippen molar-refractivity contribution in [2.45, 2.75) is 13.5 Å². The van der Waals surface area contributed by atoms with Gasteiger partial charge in [0, 0.05) is 17.3 Å². The summed E-state index contributed by atoms with van der Waals surface area (Å²) in [5.41, 5.74) is 0.605. The maximum absolute atomic E-state index is 12.2. The van der Waals surface area contributed by atoms with E-state index in [1.54, 1.807) is 31.2 Å². The number of methoxy groups -OCH3 is 1. The van der Waals surface area contributed by atoms with Crippen molar-refractivity contribution >= 4 is 23.5 Å². The van der Waals surface area contributed by atoms with Crippen molar-refractivity contribution in [2.24, 2.45) is 0 Å². The topological polar surface area (TPSA) is 88.3 Å². The Balaban J connectivity index is 2.20. The molecule has 0 aliphatic carbocycles. The number of halogens is 1. The fraction of sp³-hybridized carbons (Fsp3) is 0.188. The molecule has 0 spiro atoms. The van der Waals surface area contributed by atoms with E-state index in [1.165, 1.54) is 13.2 Å². The van der Waals surface area contributed by atoms with Crippen LogP contribution in [0, 0.1) is 6.92 Å². The highest BCUT2D eigenvalue weighted by atomic mass is 35.5. The lowest BCUT2D eigenvalue weighted by Crippen LogP contribution is -2.30. The number of amides is 1. The lowest BCUT2D eigenvalue weighted by molar-refractivity contribution is 0.0599. The Hall–Kier alpha value is -2.60. The number of esters is 1. The molecular weight excluding hydrogens is 320 g/mol. The number of hydrogen-bond acceptors (Lipinski definition) is 4. The number of aryl methyl sites for hydroxylation is 1. The second-order valence-corrected chi connectivity index (χ2v) is 5.29. The van der Waals surface area contributed by atoms with Gasteiger partial charge in [-0.05, 0) is 30.7 Å². The Labute approximate surface area is 137 Å². The molecule has 0 atom stereocenters. The van der Waals surface area contributed by atoms with Crippen LogP contribution in [0.1, 0.15) is 32.0 Å². The van der Waals surface area contributed by atoms with E-state index in [0.29, 0.717) is 10.7 Å². The van der Waals surface area contributed by atoms with Gasteiger partial charge in [0.15, 0.2) is 0 Å². The third kappa shape index (κ3) is 3.98. The van der Waals surface area contributed by atoms with E-state index in [1.807, 2.05) is 0 Å². The lowest BCUT2D eigenvalue weighted by atomic mass is 10.1. The van der Waals surface area contributed by atoms with E-state index in [0.717, 1.165) is 5.56 Å². The first-order chi connectivity index (χ1) is 10.9. The summed E-state index contributed by atoms with van der Waals surface area (Å²) in [6, 6.07) is 8.18. The lowest BCUT2D eigenvalue weighted by Gasteiger charge is -2.08. The van der Waals surface area contributed by atoms with Gasteiger partial charge in [-0.1, -0.05) is 23.7 Å². The summed E-state index contributed by atoms with van der Waals surface area (Å²) in [4.78, 5) is 38.2. The number of carbonyl (C=O) groups is 2. The van der Waals surface area contributed by atoms with Crippen LogP contribution in [0.4, 0.5) is 0 Å². The molecule has 23 heavy (non-hydrogen) atoms. The van der Waals surface area contributed by atoms with Gasteiger partial charge in [-0.15, -0.1) is 0 Å². The molecule has 0 fully saturated rings. The van der Waals surface area contributed by atoms with Crippen LogP contribution in [0.2, 0.25) is 5.02 Å². The number of carbonyl (C=O) groups excluding carboxylic acids is 2. The van der Waals surface area contributed by atoms with Crippen LogP contribution in [0.5, 0.6) is 0 Å². The Morgan fingerprint density at radius 2 is 1.87 bits per heavy atom. The molecule has 120 valence electrons. The Morgan fingerprint density at radius 3 is 2.48 bits per heavy atom. The zero-order valence-electron chi connectivity index (χ0n) is 12.6. The van der Waals surface area contributed by atoms with E-state index < -0.39 is 17.4 Å². The van der Waals surface area contributed by atoms with Crippen LogP contribution in [-0.2, 0) is 11.3 Å². The maximum Gasteiger partial charge on any atom is 0.339 e. The maximum atomic E-state index is 12.2. The highest BCUT2D eigenvalue weighted by Crippen LogP contribution is 2.10. The zero-order valence-corrected chi connectivity index (χ0v) is 13.4. The van der Waals surface area contributed by atoms with Gasteiger partial charge in [0.25, 0.3) is 11.5 Å². The smallest absolute Gasteiger partial charge is 0.339 e. The van der Waals surface area contributed by atoms with E-state index in [-0.39, 0.29) is 17.7 Å². The fourth-order valence-electron chi connectivity index (χ4n) is 1.99. The Kier molecular flexibility index (Phi) is 5.18. The summed E-state index contributed by atoms with van der Waals surface area (Å²) < 4.78 is 4.63. The minimum Gasteiger partial charge on any atom is -0.465 e. The van der Waals surface area contributed by atoms with Crippen LogP contribution >= 0.6 is 11.6 Å². The van der Waals surface area contributed by atoms with Gasteiger partial charge < -0.3 is 15.0 Å². The average molecular weight is 335 g/mol. The van der Waals surface area contributed by atoms with Crippen molar-refractivity contribution in [1.82, 2.24) is 10.3 Å². The normalized spacial score (nSPS) is 10.2. The summed E-state index contributed by atoms with van der Waals surface area (Å²) in [7, 11) is 1.23. The van der Waals surface area contributed by atoms with Crippen LogP contribution in [0.3, 0.4) is 0 Å². The number of hydrogen-bond donors (Lipinski definition) is 2. The van der Waals surface area contributed by atoms with Gasteiger partial charge in [-0.25, -0.2) is 4.79 Å². The van der Waals surface area contributed by atoms with Crippen molar-refractivity contribution in [3.05, 3.63) is 68.1 Å². The van der Waals surface area contributed by atoms with Crippen LogP contribution < -0.4 is 10.9 Å². The summed E-state index contributed by atoms with van der Waals surface area (Å²) in [5.74, 6) is -1.20. The highest BCUT2D eigenvalue weighted by Gasteiger charge is 2.17. The summed E-state index contributed by atoms with van der Waals surface area (Å²) in [6.45, 7) is 1.79. The predicted octanol–water partition coefficient (Wildman–Crippen LogP) is 2.05. The van der Waals surface area contributed by atoms with Crippen molar-refractivity contribution < 1.29 is 14.3 Å². The predicted molar refractivity (Wildman–Crippen MR) is 85.8 cm³/mol. The molecule has 2 aromatic rings. The van der Waals surface area contributed by atoms with Crippen molar-refractivity contribution in [2.75, 3.05) is 7.11 Å². The average Bonchev–Trinajstić information content (AvgIpc) is 2.53. The van der Waals surface area contributed by atoms with Gasteiger partial charge >= 0.3 is 5.97 Å². The minimum atomic E-state index is -0.620. The molecule has 1 heterocycles. The number of benzene rings is 1. The van der Waals surface area contributed by atoms with Gasteiger partial charge in [-0.2, -0.15) is 0 Å². The number of pyridine rings is 1. The van der Waals surface area contributed by atoms with Gasteiger partial charge in [-0.3, -0.25) is 9.59 Å². The van der Waals surface area contributed by atoms with Gasteiger partial charge in [0.05, 0.1) is 12.7 Å². The molecule has 0 unspecified atom stereocenters. The largest absolute Gasteiger partial charge is 0.465 e.